The average molecular weight is 416 g/mol. The molecule has 6 nitrogen and oxygen atoms in total. The molecule has 29 heavy (non-hydrogen) atoms. The van der Waals surface area contributed by atoms with Crippen molar-refractivity contribution in [2.75, 3.05) is 13.1 Å². The molecule has 1 N–H and O–H groups in total. The van der Waals surface area contributed by atoms with Gasteiger partial charge in [-0.15, -0.1) is 0 Å². The van der Waals surface area contributed by atoms with Crippen LogP contribution in [0.2, 0.25) is 0 Å². The van der Waals surface area contributed by atoms with E-state index in [0.29, 0.717) is 18.8 Å². The van der Waals surface area contributed by atoms with Crippen LogP contribution in [0, 0.1) is 0 Å². The normalized spacial score (nSPS) is 20.7. The first-order valence-electron chi connectivity index (χ1n) is 10.5. The minimum absolute atomic E-state index is 0.0342. The van der Waals surface area contributed by atoms with Crippen molar-refractivity contribution in [1.82, 2.24) is 14.2 Å². The number of amides is 1. The first kappa shape index (κ1) is 20.2. The van der Waals surface area contributed by atoms with Gasteiger partial charge in [0.1, 0.15) is 10.6 Å². The highest BCUT2D eigenvalue weighted by Gasteiger charge is 2.29. The Bertz CT molecular complexity index is 988. The van der Waals surface area contributed by atoms with Gasteiger partial charge in [-0.3, -0.25) is 4.79 Å². The molecular formula is C22H29N3O3S. The lowest BCUT2D eigenvalue weighted by molar-refractivity contribution is 0.0924. The number of hydrogen-bond donors (Lipinski definition) is 1. The third kappa shape index (κ3) is 4.12. The molecular weight excluding hydrogens is 386 g/mol. The van der Waals surface area contributed by atoms with E-state index in [2.05, 4.69) is 17.4 Å². The Balaban J connectivity index is 1.54. The number of carbonyl (C=O) groups is 1. The monoisotopic (exact) mass is 415 g/mol. The number of nitrogens with one attached hydrogen (secondary N) is 1. The lowest BCUT2D eigenvalue weighted by Gasteiger charge is -2.26. The van der Waals surface area contributed by atoms with Gasteiger partial charge in [0.2, 0.25) is 10.0 Å². The van der Waals surface area contributed by atoms with Gasteiger partial charge in [-0.25, -0.2) is 8.42 Å². The minimum Gasteiger partial charge on any atom is -0.345 e. The van der Waals surface area contributed by atoms with Gasteiger partial charge in [0.15, 0.2) is 0 Å². The number of fused-ring (bicyclic) bond motifs is 1. The van der Waals surface area contributed by atoms with Crippen molar-refractivity contribution in [2.24, 2.45) is 7.05 Å². The van der Waals surface area contributed by atoms with Crippen LogP contribution in [0.25, 0.3) is 0 Å². The van der Waals surface area contributed by atoms with Crippen molar-refractivity contribution in [3.05, 3.63) is 53.3 Å². The topological polar surface area (TPSA) is 71.4 Å². The number of aromatic nitrogens is 1. The molecule has 0 saturated carbocycles. The molecule has 1 unspecified atom stereocenters. The Hall–Kier alpha value is -2.12. The summed E-state index contributed by atoms with van der Waals surface area (Å²) in [5.74, 6) is -0.230. The van der Waals surface area contributed by atoms with E-state index < -0.39 is 10.0 Å². The summed E-state index contributed by atoms with van der Waals surface area (Å²) in [6, 6.07) is 9.69. The van der Waals surface area contributed by atoms with Gasteiger partial charge in [-0.1, -0.05) is 37.1 Å². The lowest BCUT2D eigenvalue weighted by Crippen LogP contribution is -2.32. The number of benzene rings is 1. The van der Waals surface area contributed by atoms with E-state index in [4.69, 9.17) is 0 Å². The maximum absolute atomic E-state index is 13.1. The van der Waals surface area contributed by atoms with E-state index in [0.717, 1.165) is 44.9 Å². The molecule has 1 amide bonds. The summed E-state index contributed by atoms with van der Waals surface area (Å²) < 4.78 is 29.3. The highest BCUT2D eigenvalue weighted by Crippen LogP contribution is 2.30. The predicted molar refractivity (Wildman–Crippen MR) is 112 cm³/mol. The molecule has 7 heteroatoms. The number of aryl methyl sites for hydroxylation is 2. The minimum atomic E-state index is -3.57. The lowest BCUT2D eigenvalue weighted by atomic mass is 9.87. The zero-order valence-electron chi connectivity index (χ0n) is 16.9. The van der Waals surface area contributed by atoms with Crippen LogP contribution in [-0.4, -0.2) is 36.3 Å². The molecule has 1 atom stereocenters. The molecule has 1 aromatic carbocycles. The van der Waals surface area contributed by atoms with Crippen molar-refractivity contribution in [2.45, 2.75) is 55.9 Å². The standard InChI is InChI=1S/C22H29N3O3S/c1-24-16-18(29(27,28)25-13-6-2-3-7-14-25)15-21(24)22(26)23-20-12-8-10-17-9-4-5-11-19(17)20/h4-5,9,11,15-16,20H,2-3,6-8,10,12-14H2,1H3,(H,23,26). The number of carbonyl (C=O) groups excluding carboxylic acids is 1. The SMILES string of the molecule is Cn1cc(S(=O)(=O)N2CCCCCC2)cc1C(=O)NC1CCCc2ccccc21. The maximum Gasteiger partial charge on any atom is 0.268 e. The van der Waals surface area contributed by atoms with Crippen molar-refractivity contribution >= 4 is 15.9 Å². The van der Waals surface area contributed by atoms with Crippen LogP contribution in [0.4, 0.5) is 0 Å². The molecule has 1 aliphatic carbocycles. The summed E-state index contributed by atoms with van der Waals surface area (Å²) in [7, 11) is -1.84. The fourth-order valence-electron chi connectivity index (χ4n) is 4.47. The van der Waals surface area contributed by atoms with Crippen LogP contribution in [0.5, 0.6) is 0 Å². The first-order valence-corrected chi connectivity index (χ1v) is 12.0. The molecule has 1 fully saturated rings. The Morgan fingerprint density at radius 1 is 1.07 bits per heavy atom. The van der Waals surface area contributed by atoms with Gasteiger partial charge in [0.05, 0.1) is 6.04 Å². The quantitative estimate of drug-likeness (QED) is 0.832. The number of sulfonamides is 1. The van der Waals surface area contributed by atoms with E-state index in [9.17, 15) is 13.2 Å². The smallest absolute Gasteiger partial charge is 0.268 e. The summed E-state index contributed by atoms with van der Waals surface area (Å²) in [6.07, 6.45) is 8.43. The van der Waals surface area contributed by atoms with Gasteiger partial charge in [-0.05, 0) is 49.3 Å². The molecule has 1 saturated heterocycles. The molecule has 0 spiro atoms. The molecule has 0 bridgehead atoms. The highest BCUT2D eigenvalue weighted by molar-refractivity contribution is 7.89. The molecule has 0 radical (unpaired) electrons. The van der Waals surface area contributed by atoms with Crippen molar-refractivity contribution in [3.63, 3.8) is 0 Å². The van der Waals surface area contributed by atoms with Crippen LogP contribution in [0.15, 0.2) is 41.4 Å². The number of hydrogen-bond acceptors (Lipinski definition) is 3. The zero-order chi connectivity index (χ0) is 20.4. The van der Waals surface area contributed by atoms with E-state index in [1.54, 1.807) is 22.1 Å². The van der Waals surface area contributed by atoms with Crippen LogP contribution in [0.1, 0.15) is 66.2 Å². The third-order valence-electron chi connectivity index (χ3n) is 6.09. The summed E-state index contributed by atoms with van der Waals surface area (Å²) in [4.78, 5) is 13.2. The van der Waals surface area contributed by atoms with Crippen LogP contribution in [-0.2, 0) is 23.5 Å². The Labute approximate surface area is 173 Å². The van der Waals surface area contributed by atoms with Crippen LogP contribution in [0.3, 0.4) is 0 Å². The van der Waals surface area contributed by atoms with Crippen molar-refractivity contribution < 1.29 is 13.2 Å². The van der Waals surface area contributed by atoms with E-state index >= 15 is 0 Å². The number of nitrogens with zero attached hydrogens (tertiary/aromatic N) is 2. The maximum atomic E-state index is 13.1. The van der Waals surface area contributed by atoms with Gasteiger partial charge >= 0.3 is 0 Å². The molecule has 2 aliphatic rings. The number of rotatable bonds is 4. The second-order valence-electron chi connectivity index (χ2n) is 8.11. The third-order valence-corrected chi connectivity index (χ3v) is 7.95. The Morgan fingerprint density at radius 2 is 1.79 bits per heavy atom. The second kappa shape index (κ2) is 8.32. The first-order chi connectivity index (χ1) is 14.0. The summed E-state index contributed by atoms with van der Waals surface area (Å²) in [5.41, 5.74) is 2.82. The highest BCUT2D eigenvalue weighted by atomic mass is 32.2. The molecule has 2 heterocycles. The molecule has 2 aromatic rings. The summed E-state index contributed by atoms with van der Waals surface area (Å²) in [6.45, 7) is 1.11. The zero-order valence-corrected chi connectivity index (χ0v) is 17.7. The van der Waals surface area contributed by atoms with E-state index in [1.165, 1.54) is 17.2 Å². The largest absolute Gasteiger partial charge is 0.345 e. The van der Waals surface area contributed by atoms with Crippen LogP contribution < -0.4 is 5.32 Å². The van der Waals surface area contributed by atoms with Gasteiger partial charge in [0, 0.05) is 26.3 Å². The van der Waals surface area contributed by atoms with Gasteiger partial charge in [0.25, 0.3) is 5.91 Å². The predicted octanol–water partition coefficient (Wildman–Crippen LogP) is 3.40. The molecule has 4 rings (SSSR count). The van der Waals surface area contributed by atoms with E-state index in [-0.39, 0.29) is 16.8 Å². The van der Waals surface area contributed by atoms with Gasteiger partial charge in [-0.2, -0.15) is 4.31 Å². The molecule has 1 aliphatic heterocycles. The second-order valence-corrected chi connectivity index (χ2v) is 10.0. The van der Waals surface area contributed by atoms with Gasteiger partial charge < -0.3 is 9.88 Å². The molecule has 1 aromatic heterocycles. The summed E-state index contributed by atoms with van der Waals surface area (Å²) >= 11 is 0. The van der Waals surface area contributed by atoms with Crippen LogP contribution >= 0.6 is 0 Å². The molecule has 156 valence electrons. The Morgan fingerprint density at radius 3 is 2.55 bits per heavy atom. The fraction of sp³-hybridized carbons (Fsp3) is 0.500. The van der Waals surface area contributed by atoms with Crippen molar-refractivity contribution in [3.8, 4) is 0 Å². The fourth-order valence-corrected chi connectivity index (χ4v) is 6.06. The Kier molecular flexibility index (Phi) is 5.79. The van der Waals surface area contributed by atoms with E-state index in [1.807, 2.05) is 12.1 Å². The average Bonchev–Trinajstić information content (AvgIpc) is 2.92. The summed E-state index contributed by atoms with van der Waals surface area (Å²) in [5, 5.41) is 3.12. The van der Waals surface area contributed by atoms with Crippen molar-refractivity contribution in [1.29, 1.82) is 0 Å².